The molecule has 3 heterocycles. The second-order valence-corrected chi connectivity index (χ2v) is 6.83. The lowest BCUT2D eigenvalue weighted by molar-refractivity contribution is 0.0606. The Hall–Kier alpha value is -3.07. The molecule has 26 heavy (non-hydrogen) atoms. The Morgan fingerprint density at radius 3 is 3.00 bits per heavy atom. The molecule has 0 saturated carbocycles. The first-order valence-electron chi connectivity index (χ1n) is 7.96. The number of aromatic nitrogens is 3. The fraction of sp³-hybridized carbons (Fsp3) is 0.235. The molecular weight excluding hydrogens is 356 g/mol. The normalized spacial score (nSPS) is 12.8. The van der Waals surface area contributed by atoms with Crippen molar-refractivity contribution in [1.82, 2.24) is 14.5 Å². The zero-order valence-electron chi connectivity index (χ0n) is 13.8. The molecule has 8 nitrogen and oxygen atoms in total. The zero-order chi connectivity index (χ0) is 18.3. The first-order valence-corrected chi connectivity index (χ1v) is 8.77. The number of anilines is 1. The van der Waals surface area contributed by atoms with Crippen LogP contribution in [0.4, 0.5) is 5.13 Å². The summed E-state index contributed by atoms with van der Waals surface area (Å²) in [5.41, 5.74) is 0.796. The zero-order valence-corrected chi connectivity index (χ0v) is 14.6. The van der Waals surface area contributed by atoms with Crippen LogP contribution in [0.5, 0.6) is 0 Å². The maximum absolute atomic E-state index is 12.5. The van der Waals surface area contributed by atoms with Gasteiger partial charge >= 0.3 is 5.97 Å². The summed E-state index contributed by atoms with van der Waals surface area (Å²) >= 11 is 1.02. The van der Waals surface area contributed by atoms with Crippen molar-refractivity contribution in [3.8, 4) is 0 Å². The molecule has 9 heteroatoms. The van der Waals surface area contributed by atoms with Gasteiger partial charge in [-0.1, -0.05) is 11.3 Å². The molecule has 0 atom stereocenters. The quantitative estimate of drug-likeness (QED) is 0.706. The lowest BCUT2D eigenvalue weighted by Gasteiger charge is -2.07. The number of methoxy groups -OCH3 is 1. The molecule has 2 aromatic heterocycles. The van der Waals surface area contributed by atoms with Crippen molar-refractivity contribution in [3.63, 3.8) is 0 Å². The van der Waals surface area contributed by atoms with E-state index in [-0.39, 0.29) is 16.6 Å². The largest absolute Gasteiger partial charge is 0.465 e. The van der Waals surface area contributed by atoms with Crippen molar-refractivity contribution in [2.45, 2.75) is 19.4 Å². The van der Waals surface area contributed by atoms with Gasteiger partial charge in [0.2, 0.25) is 0 Å². The van der Waals surface area contributed by atoms with Crippen molar-refractivity contribution in [2.75, 3.05) is 12.4 Å². The molecule has 4 rings (SSSR count). The summed E-state index contributed by atoms with van der Waals surface area (Å²) in [5.74, 6) is -0.144. The fourth-order valence-electron chi connectivity index (χ4n) is 2.92. The topological polar surface area (TPSA) is 103 Å². The van der Waals surface area contributed by atoms with Gasteiger partial charge in [0.15, 0.2) is 5.13 Å². The van der Waals surface area contributed by atoms with E-state index in [1.54, 1.807) is 22.8 Å². The molecule has 1 aliphatic rings. The lowest BCUT2D eigenvalue weighted by Crippen LogP contribution is -2.21. The fourth-order valence-corrected chi connectivity index (χ4v) is 3.65. The van der Waals surface area contributed by atoms with Crippen molar-refractivity contribution in [2.24, 2.45) is 0 Å². The number of aryl methyl sites for hydroxylation is 1. The number of amides is 1. The van der Waals surface area contributed by atoms with E-state index in [2.05, 4.69) is 20.0 Å². The van der Waals surface area contributed by atoms with E-state index in [9.17, 15) is 14.4 Å². The maximum atomic E-state index is 12.5. The molecule has 0 radical (unpaired) electrons. The summed E-state index contributed by atoms with van der Waals surface area (Å²) in [5, 5.41) is 3.42. The number of ether oxygens (including phenoxy) is 1. The van der Waals surface area contributed by atoms with Gasteiger partial charge in [-0.15, -0.1) is 0 Å². The Labute approximate surface area is 151 Å². The van der Waals surface area contributed by atoms with Crippen molar-refractivity contribution >= 4 is 39.2 Å². The predicted molar refractivity (Wildman–Crippen MR) is 95.7 cm³/mol. The van der Waals surface area contributed by atoms with Crippen LogP contribution in [-0.4, -0.2) is 33.5 Å². The van der Waals surface area contributed by atoms with Gasteiger partial charge in [-0.25, -0.2) is 14.8 Å². The highest BCUT2D eigenvalue weighted by atomic mass is 32.1. The van der Waals surface area contributed by atoms with Crippen LogP contribution in [0.15, 0.2) is 29.2 Å². The van der Waals surface area contributed by atoms with Gasteiger partial charge < -0.3 is 4.74 Å². The van der Waals surface area contributed by atoms with Crippen molar-refractivity contribution in [3.05, 3.63) is 51.0 Å². The van der Waals surface area contributed by atoms with E-state index in [1.807, 2.05) is 0 Å². The SMILES string of the molecule is COC(=O)c1cnc(NC(=O)c2ccc3c(=O)n4c(nc3c2)CCC4)s1. The van der Waals surface area contributed by atoms with Crippen LogP contribution in [0, 0.1) is 0 Å². The monoisotopic (exact) mass is 370 g/mol. The third-order valence-electron chi connectivity index (χ3n) is 4.19. The summed E-state index contributed by atoms with van der Waals surface area (Å²) in [6.45, 7) is 0.686. The van der Waals surface area contributed by atoms with Gasteiger partial charge in [0, 0.05) is 18.5 Å². The van der Waals surface area contributed by atoms with E-state index < -0.39 is 5.97 Å². The van der Waals surface area contributed by atoms with Crippen LogP contribution < -0.4 is 10.9 Å². The molecular formula is C17H14N4O4S. The van der Waals surface area contributed by atoms with Crippen LogP contribution >= 0.6 is 11.3 Å². The number of carbonyl (C=O) groups is 2. The summed E-state index contributed by atoms with van der Waals surface area (Å²) in [4.78, 5) is 45.2. The summed E-state index contributed by atoms with van der Waals surface area (Å²) in [6.07, 6.45) is 3.01. The van der Waals surface area contributed by atoms with Gasteiger partial charge in [-0.05, 0) is 24.6 Å². The van der Waals surface area contributed by atoms with Gasteiger partial charge in [-0.3, -0.25) is 19.5 Å². The van der Waals surface area contributed by atoms with Crippen molar-refractivity contribution in [1.29, 1.82) is 0 Å². The summed E-state index contributed by atoms with van der Waals surface area (Å²) in [6, 6.07) is 4.80. The molecule has 1 aromatic carbocycles. The number of benzene rings is 1. The number of nitrogens with zero attached hydrogens (tertiary/aromatic N) is 3. The molecule has 0 spiro atoms. The van der Waals surface area contributed by atoms with Gasteiger partial charge in [-0.2, -0.15) is 0 Å². The number of carbonyl (C=O) groups excluding carboxylic acids is 2. The lowest BCUT2D eigenvalue weighted by atomic mass is 10.1. The second-order valence-electron chi connectivity index (χ2n) is 5.80. The van der Waals surface area contributed by atoms with Gasteiger partial charge in [0.1, 0.15) is 10.7 Å². The minimum absolute atomic E-state index is 0.0721. The first-order chi connectivity index (χ1) is 12.6. The number of hydrogen-bond donors (Lipinski definition) is 1. The van der Waals surface area contributed by atoms with Crippen LogP contribution in [0.3, 0.4) is 0 Å². The van der Waals surface area contributed by atoms with E-state index in [4.69, 9.17) is 0 Å². The van der Waals surface area contributed by atoms with Crippen molar-refractivity contribution < 1.29 is 14.3 Å². The maximum Gasteiger partial charge on any atom is 0.349 e. The molecule has 3 aromatic rings. The number of hydrogen-bond acceptors (Lipinski definition) is 7. The average Bonchev–Trinajstić information content (AvgIpc) is 3.30. The Morgan fingerprint density at radius 2 is 2.19 bits per heavy atom. The van der Waals surface area contributed by atoms with E-state index >= 15 is 0 Å². The third-order valence-corrected chi connectivity index (χ3v) is 5.08. The second kappa shape index (κ2) is 6.34. The Balaban J connectivity index is 1.63. The first kappa shape index (κ1) is 16.4. The highest BCUT2D eigenvalue weighted by Gasteiger charge is 2.18. The smallest absolute Gasteiger partial charge is 0.349 e. The van der Waals surface area contributed by atoms with Gasteiger partial charge in [0.05, 0.1) is 24.2 Å². The predicted octanol–water partition coefficient (Wildman–Crippen LogP) is 1.84. The van der Waals surface area contributed by atoms with E-state index in [0.717, 1.165) is 30.0 Å². The highest BCUT2D eigenvalue weighted by Crippen LogP contribution is 2.21. The molecule has 132 valence electrons. The Kier molecular flexibility index (Phi) is 4.00. The molecule has 0 unspecified atom stereocenters. The van der Waals surface area contributed by atoms with Crippen LogP contribution in [0.25, 0.3) is 10.9 Å². The Bertz CT molecular complexity index is 1100. The standard InChI is InChI=1S/C17H14N4O4S/c1-25-16(24)12-8-18-17(26-12)20-14(22)9-4-5-10-11(7-9)19-13-3-2-6-21(13)15(10)23/h4-5,7-8H,2-3,6H2,1H3,(H,18,20,22). The van der Waals surface area contributed by atoms with Gasteiger partial charge in [0.25, 0.3) is 11.5 Å². The third kappa shape index (κ3) is 2.76. The number of thiazole rings is 1. The number of nitrogens with one attached hydrogen (secondary N) is 1. The summed E-state index contributed by atoms with van der Waals surface area (Å²) < 4.78 is 6.30. The highest BCUT2D eigenvalue weighted by molar-refractivity contribution is 7.17. The number of fused-ring (bicyclic) bond motifs is 2. The average molecular weight is 370 g/mol. The molecule has 1 amide bonds. The molecule has 0 bridgehead atoms. The van der Waals surface area contributed by atoms with Crippen LogP contribution in [0.1, 0.15) is 32.3 Å². The summed E-state index contributed by atoms with van der Waals surface area (Å²) in [7, 11) is 1.28. The molecule has 1 N–H and O–H groups in total. The van der Waals surface area contributed by atoms with Crippen LogP contribution in [-0.2, 0) is 17.7 Å². The molecule has 0 fully saturated rings. The minimum atomic E-state index is -0.507. The molecule has 1 aliphatic heterocycles. The van der Waals surface area contributed by atoms with E-state index in [0.29, 0.717) is 27.9 Å². The Morgan fingerprint density at radius 1 is 1.35 bits per heavy atom. The number of rotatable bonds is 3. The van der Waals surface area contributed by atoms with E-state index in [1.165, 1.54) is 13.3 Å². The molecule has 0 aliphatic carbocycles. The number of esters is 1. The van der Waals surface area contributed by atoms with Crippen LogP contribution in [0.2, 0.25) is 0 Å². The molecule has 0 saturated heterocycles. The minimum Gasteiger partial charge on any atom is -0.465 e.